The lowest BCUT2D eigenvalue weighted by atomic mass is 10.00. The second kappa shape index (κ2) is 5.94. The van der Waals surface area contributed by atoms with Crippen molar-refractivity contribution in [3.05, 3.63) is 66.2 Å². The van der Waals surface area contributed by atoms with Crippen LogP contribution in [0.4, 0.5) is 5.69 Å². The maximum absolute atomic E-state index is 11.9. The summed E-state index contributed by atoms with van der Waals surface area (Å²) in [6.07, 6.45) is 4.42. The maximum Gasteiger partial charge on any atom is 0.250 e. The van der Waals surface area contributed by atoms with Crippen LogP contribution in [0.3, 0.4) is 0 Å². The zero-order chi connectivity index (χ0) is 14.7. The van der Waals surface area contributed by atoms with E-state index in [1.54, 1.807) is 11.0 Å². The van der Waals surface area contributed by atoms with Crippen LogP contribution in [0.15, 0.2) is 60.7 Å². The molecule has 3 rings (SSSR count). The van der Waals surface area contributed by atoms with Crippen LogP contribution in [0.1, 0.15) is 12.0 Å². The van der Waals surface area contributed by atoms with Gasteiger partial charge in [-0.05, 0) is 41.3 Å². The topological polar surface area (TPSA) is 40.5 Å². The Morgan fingerprint density at radius 2 is 1.81 bits per heavy atom. The SMILES string of the molecule is O=C1C=CCCN1c1ccc(-c2ccccc2CO)cc1. The minimum absolute atomic E-state index is 0.0212. The highest BCUT2D eigenvalue weighted by atomic mass is 16.3. The van der Waals surface area contributed by atoms with Crippen LogP contribution in [0.2, 0.25) is 0 Å². The van der Waals surface area contributed by atoms with Crippen LogP contribution < -0.4 is 4.90 Å². The summed E-state index contributed by atoms with van der Waals surface area (Å²) in [5, 5.41) is 9.41. The van der Waals surface area contributed by atoms with Gasteiger partial charge in [0.1, 0.15) is 0 Å². The van der Waals surface area contributed by atoms with Crippen molar-refractivity contribution in [2.24, 2.45) is 0 Å². The molecule has 2 aromatic rings. The van der Waals surface area contributed by atoms with Gasteiger partial charge >= 0.3 is 0 Å². The van der Waals surface area contributed by atoms with Crippen molar-refractivity contribution in [1.29, 1.82) is 0 Å². The molecule has 3 heteroatoms. The summed E-state index contributed by atoms with van der Waals surface area (Å²) in [6.45, 7) is 0.745. The van der Waals surface area contributed by atoms with E-state index in [0.29, 0.717) is 0 Å². The number of benzene rings is 2. The fraction of sp³-hybridized carbons (Fsp3) is 0.167. The van der Waals surface area contributed by atoms with Crippen molar-refractivity contribution >= 4 is 11.6 Å². The number of aliphatic hydroxyl groups is 1. The lowest BCUT2D eigenvalue weighted by molar-refractivity contribution is -0.114. The van der Waals surface area contributed by atoms with Crippen molar-refractivity contribution in [2.75, 3.05) is 11.4 Å². The number of anilines is 1. The fourth-order valence-electron chi connectivity index (χ4n) is 2.61. The average Bonchev–Trinajstić information content (AvgIpc) is 2.55. The van der Waals surface area contributed by atoms with Crippen molar-refractivity contribution in [2.45, 2.75) is 13.0 Å². The van der Waals surface area contributed by atoms with Gasteiger partial charge in [-0.15, -0.1) is 0 Å². The van der Waals surface area contributed by atoms with Gasteiger partial charge in [0.2, 0.25) is 0 Å². The highest BCUT2D eigenvalue weighted by molar-refractivity contribution is 6.02. The number of rotatable bonds is 3. The lowest BCUT2D eigenvalue weighted by Crippen LogP contribution is -2.32. The number of carbonyl (C=O) groups excluding carboxylic acids is 1. The number of aliphatic hydroxyl groups excluding tert-OH is 1. The summed E-state index contributed by atoms with van der Waals surface area (Å²) >= 11 is 0. The highest BCUT2D eigenvalue weighted by Gasteiger charge is 2.15. The third kappa shape index (κ3) is 2.73. The summed E-state index contributed by atoms with van der Waals surface area (Å²) in [5.41, 5.74) is 3.89. The van der Waals surface area contributed by atoms with Crippen molar-refractivity contribution in [3.8, 4) is 11.1 Å². The quantitative estimate of drug-likeness (QED) is 0.937. The fourth-order valence-corrected chi connectivity index (χ4v) is 2.61. The molecular weight excluding hydrogens is 262 g/mol. The second-order valence-corrected chi connectivity index (χ2v) is 5.04. The Labute approximate surface area is 124 Å². The lowest BCUT2D eigenvalue weighted by Gasteiger charge is -2.23. The van der Waals surface area contributed by atoms with E-state index in [4.69, 9.17) is 0 Å². The molecule has 0 saturated heterocycles. The molecule has 0 spiro atoms. The van der Waals surface area contributed by atoms with Crippen molar-refractivity contribution in [1.82, 2.24) is 0 Å². The van der Waals surface area contributed by atoms with Gasteiger partial charge in [-0.3, -0.25) is 4.79 Å². The number of carbonyl (C=O) groups is 1. The molecule has 0 unspecified atom stereocenters. The molecule has 0 bridgehead atoms. The highest BCUT2D eigenvalue weighted by Crippen LogP contribution is 2.27. The molecule has 0 saturated carbocycles. The van der Waals surface area contributed by atoms with E-state index in [2.05, 4.69) is 0 Å². The van der Waals surface area contributed by atoms with Gasteiger partial charge in [0.15, 0.2) is 0 Å². The van der Waals surface area contributed by atoms with E-state index in [1.807, 2.05) is 54.6 Å². The van der Waals surface area contributed by atoms with E-state index >= 15 is 0 Å². The third-order valence-electron chi connectivity index (χ3n) is 3.72. The maximum atomic E-state index is 11.9. The Bertz CT molecular complexity index is 674. The van der Waals surface area contributed by atoms with E-state index < -0.39 is 0 Å². The molecule has 0 radical (unpaired) electrons. The van der Waals surface area contributed by atoms with E-state index in [0.717, 1.165) is 35.3 Å². The van der Waals surface area contributed by atoms with Crippen LogP contribution in [-0.4, -0.2) is 17.6 Å². The van der Waals surface area contributed by atoms with Gasteiger partial charge in [0.05, 0.1) is 6.61 Å². The molecule has 21 heavy (non-hydrogen) atoms. The number of nitrogens with zero attached hydrogens (tertiary/aromatic N) is 1. The molecule has 0 aromatic heterocycles. The predicted octanol–water partition coefficient (Wildman–Crippen LogP) is 3.14. The first-order valence-electron chi connectivity index (χ1n) is 7.07. The summed E-state index contributed by atoms with van der Waals surface area (Å²) in [6, 6.07) is 15.7. The molecule has 0 fully saturated rings. The van der Waals surface area contributed by atoms with E-state index in [1.165, 1.54) is 0 Å². The molecule has 1 heterocycles. The van der Waals surface area contributed by atoms with Gasteiger partial charge in [-0.25, -0.2) is 0 Å². The van der Waals surface area contributed by atoms with E-state index in [9.17, 15) is 9.90 Å². The van der Waals surface area contributed by atoms with Crippen LogP contribution >= 0.6 is 0 Å². The Balaban J connectivity index is 1.91. The minimum Gasteiger partial charge on any atom is -0.392 e. The van der Waals surface area contributed by atoms with Crippen LogP contribution in [-0.2, 0) is 11.4 Å². The minimum atomic E-state index is 0.0212. The van der Waals surface area contributed by atoms with E-state index in [-0.39, 0.29) is 12.5 Å². The van der Waals surface area contributed by atoms with Crippen molar-refractivity contribution in [3.63, 3.8) is 0 Å². The van der Waals surface area contributed by atoms with Crippen LogP contribution in [0, 0.1) is 0 Å². The summed E-state index contributed by atoms with van der Waals surface area (Å²) < 4.78 is 0. The van der Waals surface area contributed by atoms with Gasteiger partial charge in [-0.1, -0.05) is 42.5 Å². The van der Waals surface area contributed by atoms with Gasteiger partial charge in [0, 0.05) is 12.2 Å². The normalized spacial score (nSPS) is 14.5. The molecule has 1 aliphatic heterocycles. The average molecular weight is 279 g/mol. The first-order chi connectivity index (χ1) is 10.3. The molecule has 106 valence electrons. The molecule has 3 nitrogen and oxygen atoms in total. The van der Waals surface area contributed by atoms with Crippen molar-refractivity contribution < 1.29 is 9.90 Å². The summed E-state index contributed by atoms with van der Waals surface area (Å²) in [7, 11) is 0. The molecule has 2 aromatic carbocycles. The standard InChI is InChI=1S/C18H17NO2/c20-13-15-5-1-2-6-17(15)14-8-10-16(11-9-14)19-12-4-3-7-18(19)21/h1-3,5-11,20H,4,12-13H2. The zero-order valence-corrected chi connectivity index (χ0v) is 11.7. The molecule has 1 amide bonds. The third-order valence-corrected chi connectivity index (χ3v) is 3.72. The number of hydrogen-bond donors (Lipinski definition) is 1. The van der Waals surface area contributed by atoms with Crippen LogP contribution in [0.5, 0.6) is 0 Å². The molecule has 1 aliphatic rings. The van der Waals surface area contributed by atoms with Gasteiger partial charge < -0.3 is 10.0 Å². The first-order valence-corrected chi connectivity index (χ1v) is 7.07. The summed E-state index contributed by atoms with van der Waals surface area (Å²) in [4.78, 5) is 13.6. The Morgan fingerprint density at radius 3 is 2.52 bits per heavy atom. The van der Waals surface area contributed by atoms with Crippen LogP contribution in [0.25, 0.3) is 11.1 Å². The second-order valence-electron chi connectivity index (χ2n) is 5.04. The molecular formula is C18H17NO2. The Morgan fingerprint density at radius 1 is 1.05 bits per heavy atom. The zero-order valence-electron chi connectivity index (χ0n) is 11.7. The monoisotopic (exact) mass is 279 g/mol. The number of hydrogen-bond acceptors (Lipinski definition) is 2. The molecule has 0 aliphatic carbocycles. The smallest absolute Gasteiger partial charge is 0.250 e. The first kappa shape index (κ1) is 13.6. The Hall–Kier alpha value is -2.39. The Kier molecular flexibility index (Phi) is 3.84. The molecule has 1 N–H and O–H groups in total. The van der Waals surface area contributed by atoms with Gasteiger partial charge in [0.25, 0.3) is 5.91 Å². The van der Waals surface area contributed by atoms with Gasteiger partial charge in [-0.2, -0.15) is 0 Å². The number of amides is 1. The largest absolute Gasteiger partial charge is 0.392 e. The predicted molar refractivity (Wildman–Crippen MR) is 83.9 cm³/mol. The summed E-state index contributed by atoms with van der Waals surface area (Å²) in [5.74, 6) is 0.0322. The molecule has 0 atom stereocenters.